The summed E-state index contributed by atoms with van der Waals surface area (Å²) >= 11 is 6.14. The van der Waals surface area contributed by atoms with Crippen LogP contribution in [0.3, 0.4) is 0 Å². The minimum Gasteiger partial charge on any atom is -0.497 e. The summed E-state index contributed by atoms with van der Waals surface area (Å²) in [7, 11) is -1.92. The number of amides is 1. The summed E-state index contributed by atoms with van der Waals surface area (Å²) in [4.78, 5) is 12.7. The van der Waals surface area contributed by atoms with Gasteiger partial charge in [0.05, 0.1) is 24.7 Å². The second-order valence-electron chi connectivity index (χ2n) is 8.25. The van der Waals surface area contributed by atoms with Crippen LogP contribution in [-0.4, -0.2) is 34.2 Å². The topological polar surface area (TPSA) is 84.9 Å². The smallest absolute Gasteiger partial charge is 0.232 e. The highest BCUT2D eigenvalue weighted by molar-refractivity contribution is 7.92. The van der Waals surface area contributed by atoms with Crippen LogP contribution < -0.4 is 19.1 Å². The van der Waals surface area contributed by atoms with Gasteiger partial charge in [0, 0.05) is 18.0 Å². The number of hydrogen-bond donors (Lipinski definition) is 1. The van der Waals surface area contributed by atoms with E-state index in [0.717, 1.165) is 11.1 Å². The van der Waals surface area contributed by atoms with Crippen molar-refractivity contribution in [3.8, 4) is 17.2 Å². The molecule has 0 saturated heterocycles. The van der Waals surface area contributed by atoms with Crippen LogP contribution in [0.15, 0.2) is 60.7 Å². The first-order chi connectivity index (χ1) is 16.5. The maximum Gasteiger partial charge on any atom is 0.232 e. The Morgan fingerprint density at radius 2 is 1.60 bits per heavy atom. The summed E-state index contributed by atoms with van der Waals surface area (Å²) in [5.41, 5.74) is 2.96. The molecule has 3 aromatic carbocycles. The molecule has 0 bridgehead atoms. The van der Waals surface area contributed by atoms with Gasteiger partial charge in [0.15, 0.2) is 5.75 Å². The van der Waals surface area contributed by atoms with Gasteiger partial charge in [0.25, 0.3) is 0 Å². The maximum absolute atomic E-state index is 12.7. The van der Waals surface area contributed by atoms with Crippen LogP contribution in [0.25, 0.3) is 0 Å². The number of sulfonamides is 1. The summed E-state index contributed by atoms with van der Waals surface area (Å²) in [6.07, 6.45) is 1.62. The molecule has 0 saturated carbocycles. The van der Waals surface area contributed by atoms with E-state index in [4.69, 9.17) is 21.1 Å². The van der Waals surface area contributed by atoms with Gasteiger partial charge in [-0.25, -0.2) is 8.42 Å². The number of nitrogens with one attached hydrogen (secondary N) is 1. The molecule has 0 aromatic heterocycles. The molecule has 0 unspecified atom stereocenters. The van der Waals surface area contributed by atoms with E-state index in [2.05, 4.69) is 5.32 Å². The van der Waals surface area contributed by atoms with Crippen molar-refractivity contribution < 1.29 is 22.7 Å². The molecule has 3 rings (SSSR count). The third-order valence-electron chi connectivity index (χ3n) is 5.16. The Balaban J connectivity index is 1.67. The van der Waals surface area contributed by atoms with E-state index in [-0.39, 0.29) is 18.9 Å². The lowest BCUT2D eigenvalue weighted by Crippen LogP contribution is -2.31. The fourth-order valence-electron chi connectivity index (χ4n) is 3.64. The number of aryl methyl sites for hydroxylation is 2. The third-order valence-corrected chi connectivity index (χ3v) is 6.59. The van der Waals surface area contributed by atoms with Crippen molar-refractivity contribution in [3.05, 3.63) is 76.8 Å². The number of anilines is 2. The quantitative estimate of drug-likeness (QED) is 0.360. The molecule has 35 heavy (non-hydrogen) atoms. The third kappa shape index (κ3) is 7.63. The van der Waals surface area contributed by atoms with E-state index in [1.165, 1.54) is 10.6 Å². The van der Waals surface area contributed by atoms with Crippen molar-refractivity contribution in [2.75, 3.05) is 29.5 Å². The SMILES string of the molecule is COc1ccc(Oc2ccc(Cl)cc2NC(=O)CCCN(c2cc(C)cc(C)c2)S(C)(=O)=O)cc1. The summed E-state index contributed by atoms with van der Waals surface area (Å²) in [5.74, 6) is 1.42. The van der Waals surface area contributed by atoms with Gasteiger partial charge in [0.1, 0.15) is 11.5 Å². The molecule has 186 valence electrons. The lowest BCUT2D eigenvalue weighted by Gasteiger charge is -2.23. The molecular formula is C26H29ClN2O5S. The molecule has 0 aliphatic carbocycles. The van der Waals surface area contributed by atoms with E-state index in [0.29, 0.717) is 40.1 Å². The van der Waals surface area contributed by atoms with E-state index in [1.54, 1.807) is 49.6 Å². The van der Waals surface area contributed by atoms with Crippen LogP contribution in [-0.2, 0) is 14.8 Å². The largest absolute Gasteiger partial charge is 0.497 e. The van der Waals surface area contributed by atoms with Crippen LogP contribution in [0, 0.1) is 13.8 Å². The number of hydrogen-bond acceptors (Lipinski definition) is 5. The molecule has 1 N–H and O–H groups in total. The minimum absolute atomic E-state index is 0.116. The average molecular weight is 517 g/mol. The first kappa shape index (κ1) is 26.4. The summed E-state index contributed by atoms with van der Waals surface area (Å²) in [6, 6.07) is 17.6. The van der Waals surface area contributed by atoms with Gasteiger partial charge < -0.3 is 14.8 Å². The highest BCUT2D eigenvalue weighted by Gasteiger charge is 2.19. The van der Waals surface area contributed by atoms with Crippen molar-refractivity contribution in [2.24, 2.45) is 0 Å². The molecule has 1 amide bonds. The molecule has 0 atom stereocenters. The van der Waals surface area contributed by atoms with Crippen LogP contribution >= 0.6 is 11.6 Å². The van der Waals surface area contributed by atoms with Gasteiger partial charge in [-0.15, -0.1) is 0 Å². The van der Waals surface area contributed by atoms with Gasteiger partial charge in [-0.05, 0) is 86.0 Å². The average Bonchev–Trinajstić information content (AvgIpc) is 2.77. The fraction of sp³-hybridized carbons (Fsp3) is 0.269. The number of carbonyl (C=O) groups excluding carboxylic acids is 1. The maximum atomic E-state index is 12.7. The number of halogens is 1. The first-order valence-corrected chi connectivity index (χ1v) is 13.2. The van der Waals surface area contributed by atoms with E-state index < -0.39 is 10.0 Å². The summed E-state index contributed by atoms with van der Waals surface area (Å²) < 4.78 is 37.2. The Labute approximate surface area is 211 Å². The van der Waals surface area contributed by atoms with Crippen molar-refractivity contribution >= 4 is 38.9 Å². The van der Waals surface area contributed by atoms with E-state index >= 15 is 0 Å². The normalized spacial score (nSPS) is 11.1. The van der Waals surface area contributed by atoms with E-state index in [9.17, 15) is 13.2 Å². The monoisotopic (exact) mass is 516 g/mol. The molecule has 3 aromatic rings. The predicted octanol–water partition coefficient (Wildman–Crippen LogP) is 5.94. The zero-order valence-electron chi connectivity index (χ0n) is 20.2. The van der Waals surface area contributed by atoms with Crippen molar-refractivity contribution in [1.82, 2.24) is 0 Å². The zero-order valence-corrected chi connectivity index (χ0v) is 21.7. The lowest BCUT2D eigenvalue weighted by molar-refractivity contribution is -0.116. The predicted molar refractivity (Wildman–Crippen MR) is 140 cm³/mol. The van der Waals surface area contributed by atoms with Gasteiger partial charge in [-0.2, -0.15) is 0 Å². The van der Waals surface area contributed by atoms with Crippen molar-refractivity contribution in [1.29, 1.82) is 0 Å². The molecule has 7 nitrogen and oxygen atoms in total. The van der Waals surface area contributed by atoms with Crippen LogP contribution in [0.5, 0.6) is 17.2 Å². The number of methoxy groups -OCH3 is 1. The molecule has 0 aliphatic heterocycles. The Kier molecular flexibility index (Phi) is 8.64. The van der Waals surface area contributed by atoms with Gasteiger partial charge in [0.2, 0.25) is 15.9 Å². The van der Waals surface area contributed by atoms with Gasteiger partial charge in [-0.1, -0.05) is 17.7 Å². The molecular weight excluding hydrogens is 488 g/mol. The Morgan fingerprint density at radius 3 is 2.20 bits per heavy atom. The summed E-state index contributed by atoms with van der Waals surface area (Å²) in [5, 5.41) is 3.27. The Morgan fingerprint density at radius 1 is 0.971 bits per heavy atom. The van der Waals surface area contributed by atoms with Gasteiger partial charge >= 0.3 is 0 Å². The number of rotatable bonds is 10. The lowest BCUT2D eigenvalue weighted by atomic mass is 10.1. The second-order valence-corrected chi connectivity index (χ2v) is 10.6. The summed E-state index contributed by atoms with van der Waals surface area (Å²) in [6.45, 7) is 4.02. The highest BCUT2D eigenvalue weighted by Crippen LogP contribution is 2.33. The number of ether oxygens (including phenoxy) is 2. The molecule has 0 fully saturated rings. The van der Waals surface area contributed by atoms with Crippen molar-refractivity contribution in [3.63, 3.8) is 0 Å². The van der Waals surface area contributed by atoms with Crippen molar-refractivity contribution in [2.45, 2.75) is 26.7 Å². The molecule has 0 heterocycles. The highest BCUT2D eigenvalue weighted by atomic mass is 35.5. The van der Waals surface area contributed by atoms with E-state index in [1.807, 2.05) is 32.0 Å². The van der Waals surface area contributed by atoms with Crippen LogP contribution in [0.4, 0.5) is 11.4 Å². The minimum atomic E-state index is -3.51. The van der Waals surface area contributed by atoms with Crippen LogP contribution in [0.2, 0.25) is 5.02 Å². The Hall–Kier alpha value is -3.23. The zero-order chi connectivity index (χ0) is 25.6. The molecule has 9 heteroatoms. The van der Waals surface area contributed by atoms with Gasteiger partial charge in [-0.3, -0.25) is 9.10 Å². The Bertz CT molecular complexity index is 1270. The first-order valence-electron chi connectivity index (χ1n) is 11.0. The fourth-order valence-corrected chi connectivity index (χ4v) is 4.76. The molecule has 0 spiro atoms. The number of benzene rings is 3. The van der Waals surface area contributed by atoms with Crippen LogP contribution in [0.1, 0.15) is 24.0 Å². The standard InChI is InChI=1S/C26H29ClN2O5S/c1-18-14-19(2)16-21(15-18)29(35(4,31)32)13-5-6-26(30)28-24-17-20(27)7-12-25(24)34-23-10-8-22(33-3)9-11-23/h7-12,14-17H,5-6,13H2,1-4H3,(H,28,30). The molecule has 0 aliphatic rings. The second kappa shape index (κ2) is 11.5. The molecule has 0 radical (unpaired) electrons. The number of carbonyl (C=O) groups is 1. The number of nitrogens with zero attached hydrogens (tertiary/aromatic N) is 1.